The Labute approximate surface area is 136 Å². The highest BCUT2D eigenvalue weighted by Crippen LogP contribution is 2.34. The molecule has 23 heavy (non-hydrogen) atoms. The number of alkyl halides is 3. The van der Waals surface area contributed by atoms with E-state index in [0.717, 1.165) is 32.1 Å². The number of hydrogen-bond donors (Lipinski definition) is 1. The van der Waals surface area contributed by atoms with Crippen LogP contribution in [-0.4, -0.2) is 17.0 Å². The normalized spacial score (nSPS) is 11.7. The van der Waals surface area contributed by atoms with Crippen molar-refractivity contribution in [2.75, 3.05) is 6.54 Å². The van der Waals surface area contributed by atoms with Gasteiger partial charge in [-0.25, -0.2) is 0 Å². The molecule has 0 bridgehead atoms. The lowest BCUT2D eigenvalue weighted by Crippen LogP contribution is -2.27. The summed E-state index contributed by atoms with van der Waals surface area (Å²) in [5.74, 6) is -0.634. The van der Waals surface area contributed by atoms with Crippen molar-refractivity contribution in [1.29, 1.82) is 0 Å². The average molecular weight is 332 g/mol. The van der Waals surface area contributed by atoms with Gasteiger partial charge in [0.15, 0.2) is 0 Å². The van der Waals surface area contributed by atoms with Crippen molar-refractivity contribution in [2.24, 2.45) is 0 Å². The zero-order valence-electron chi connectivity index (χ0n) is 14.2. The molecule has 0 unspecified atom stereocenters. The Kier molecular flexibility index (Phi) is 7.65. The lowest BCUT2D eigenvalue weighted by atomic mass is 10.2. The monoisotopic (exact) mass is 332 g/mol. The molecule has 1 aromatic heterocycles. The third-order valence-corrected chi connectivity index (χ3v) is 3.87. The van der Waals surface area contributed by atoms with Crippen molar-refractivity contribution in [3.05, 3.63) is 23.0 Å². The number of unbranched alkanes of at least 4 members (excludes halogenated alkanes) is 4. The van der Waals surface area contributed by atoms with E-state index in [-0.39, 0.29) is 12.1 Å². The lowest BCUT2D eigenvalue weighted by molar-refractivity contribution is -0.144. The number of aromatic nitrogens is 1. The summed E-state index contributed by atoms with van der Waals surface area (Å²) in [6, 6.07) is 1.35. The predicted octanol–water partition coefficient (Wildman–Crippen LogP) is 4.93. The van der Waals surface area contributed by atoms with Gasteiger partial charge in [0.05, 0.1) is 5.56 Å². The van der Waals surface area contributed by atoms with Crippen LogP contribution in [0.1, 0.15) is 74.1 Å². The van der Waals surface area contributed by atoms with Crippen molar-refractivity contribution in [1.82, 2.24) is 9.88 Å². The van der Waals surface area contributed by atoms with Gasteiger partial charge in [-0.1, -0.05) is 39.5 Å². The van der Waals surface area contributed by atoms with Crippen LogP contribution in [0.4, 0.5) is 13.2 Å². The minimum Gasteiger partial charge on any atom is -0.352 e. The fourth-order valence-corrected chi connectivity index (χ4v) is 2.64. The third-order valence-electron chi connectivity index (χ3n) is 3.87. The van der Waals surface area contributed by atoms with Crippen molar-refractivity contribution in [2.45, 2.75) is 72.0 Å². The van der Waals surface area contributed by atoms with E-state index in [1.807, 2.05) is 13.8 Å². The summed E-state index contributed by atoms with van der Waals surface area (Å²) in [6.07, 6.45) is 0.670. The van der Waals surface area contributed by atoms with Crippen molar-refractivity contribution < 1.29 is 18.0 Å². The van der Waals surface area contributed by atoms with Gasteiger partial charge >= 0.3 is 6.18 Å². The molecule has 0 aliphatic carbocycles. The maximum absolute atomic E-state index is 13.4. The van der Waals surface area contributed by atoms with Crippen LogP contribution < -0.4 is 5.32 Å². The fourth-order valence-electron chi connectivity index (χ4n) is 2.64. The van der Waals surface area contributed by atoms with E-state index >= 15 is 0 Å². The highest BCUT2D eigenvalue weighted by Gasteiger charge is 2.39. The Bertz CT molecular complexity index is 507. The summed E-state index contributed by atoms with van der Waals surface area (Å²) < 4.78 is 41.5. The number of rotatable bonds is 9. The van der Waals surface area contributed by atoms with Gasteiger partial charge in [-0.15, -0.1) is 0 Å². The van der Waals surface area contributed by atoms with Crippen LogP contribution >= 0.6 is 0 Å². The number of hydrogen-bond acceptors (Lipinski definition) is 1. The number of carbonyl (C=O) groups excluding carboxylic acids is 1. The molecule has 0 aromatic carbocycles. The summed E-state index contributed by atoms with van der Waals surface area (Å²) in [6.45, 7) is 6.35. The highest BCUT2D eigenvalue weighted by atomic mass is 19.4. The largest absolute Gasteiger partial charge is 0.432 e. The minimum absolute atomic E-state index is 0.261. The zero-order valence-corrected chi connectivity index (χ0v) is 14.2. The molecule has 0 saturated heterocycles. The smallest absolute Gasteiger partial charge is 0.352 e. The van der Waals surface area contributed by atoms with Crippen molar-refractivity contribution in [3.8, 4) is 0 Å². The van der Waals surface area contributed by atoms with Gasteiger partial charge < -0.3 is 9.88 Å². The molecule has 0 saturated carbocycles. The molecular formula is C17H27F3N2O. The molecule has 0 spiro atoms. The second kappa shape index (κ2) is 8.99. The minimum atomic E-state index is -4.53. The van der Waals surface area contributed by atoms with Crippen LogP contribution in [0.2, 0.25) is 0 Å². The van der Waals surface area contributed by atoms with Gasteiger partial charge in [-0.05, 0) is 25.8 Å². The van der Waals surface area contributed by atoms with Gasteiger partial charge in [0, 0.05) is 18.8 Å². The molecule has 0 fully saturated rings. The van der Waals surface area contributed by atoms with Crippen LogP contribution in [-0.2, 0) is 12.7 Å². The Morgan fingerprint density at radius 3 is 2.30 bits per heavy atom. The Morgan fingerprint density at radius 1 is 1.13 bits per heavy atom. The molecular weight excluding hydrogens is 305 g/mol. The Morgan fingerprint density at radius 2 is 1.74 bits per heavy atom. The van der Waals surface area contributed by atoms with E-state index in [1.165, 1.54) is 10.6 Å². The summed E-state index contributed by atoms with van der Waals surface area (Å²) in [5, 5.41) is 2.60. The lowest BCUT2D eigenvalue weighted by Gasteiger charge is -2.15. The summed E-state index contributed by atoms with van der Waals surface area (Å²) in [5.41, 5.74) is -0.603. The number of nitrogens with one attached hydrogen (secondary N) is 1. The van der Waals surface area contributed by atoms with Gasteiger partial charge in [-0.2, -0.15) is 13.2 Å². The topological polar surface area (TPSA) is 34.0 Å². The molecule has 1 rings (SSSR count). The number of halogens is 3. The molecule has 0 aliphatic heterocycles. The third kappa shape index (κ3) is 5.59. The van der Waals surface area contributed by atoms with E-state index < -0.39 is 17.8 Å². The zero-order chi connectivity index (χ0) is 17.5. The predicted molar refractivity (Wildman–Crippen MR) is 85.6 cm³/mol. The molecule has 3 nitrogen and oxygen atoms in total. The van der Waals surface area contributed by atoms with E-state index in [4.69, 9.17) is 0 Å². The second-order valence-corrected chi connectivity index (χ2v) is 5.87. The summed E-state index contributed by atoms with van der Waals surface area (Å²) >= 11 is 0. The molecule has 1 amide bonds. The first-order valence-corrected chi connectivity index (χ1v) is 8.38. The maximum atomic E-state index is 13.4. The van der Waals surface area contributed by atoms with Crippen LogP contribution in [0, 0.1) is 6.92 Å². The maximum Gasteiger partial charge on any atom is 0.432 e. The number of aryl methyl sites for hydroxylation is 1. The van der Waals surface area contributed by atoms with Crippen molar-refractivity contribution >= 4 is 5.91 Å². The molecule has 132 valence electrons. The van der Waals surface area contributed by atoms with Gasteiger partial charge in [0.2, 0.25) is 0 Å². The Hall–Kier alpha value is -1.46. The molecule has 1 aromatic rings. The average Bonchev–Trinajstić information content (AvgIpc) is 2.81. The summed E-state index contributed by atoms with van der Waals surface area (Å²) in [4.78, 5) is 12.1. The fraction of sp³-hybridized carbons (Fsp3) is 0.706. The van der Waals surface area contributed by atoms with Crippen molar-refractivity contribution in [3.63, 3.8) is 0 Å². The van der Waals surface area contributed by atoms with Gasteiger partial charge in [-0.3, -0.25) is 4.79 Å². The van der Waals surface area contributed by atoms with Gasteiger partial charge in [0.1, 0.15) is 5.69 Å². The van der Waals surface area contributed by atoms with Crippen LogP contribution in [0.5, 0.6) is 0 Å². The second-order valence-electron chi connectivity index (χ2n) is 5.87. The van der Waals surface area contributed by atoms with E-state index in [2.05, 4.69) is 5.32 Å². The van der Waals surface area contributed by atoms with Gasteiger partial charge in [0.25, 0.3) is 5.91 Å². The number of carbonyl (C=O) groups is 1. The number of amides is 1. The summed E-state index contributed by atoms with van der Waals surface area (Å²) in [7, 11) is 0. The molecule has 6 heteroatoms. The highest BCUT2D eigenvalue weighted by molar-refractivity contribution is 5.96. The van der Waals surface area contributed by atoms with Crippen LogP contribution in [0.3, 0.4) is 0 Å². The first-order chi connectivity index (χ1) is 10.8. The molecule has 0 atom stereocenters. The molecule has 0 aliphatic rings. The van der Waals surface area contributed by atoms with Crippen LogP contribution in [0.15, 0.2) is 6.07 Å². The molecule has 1 heterocycles. The molecule has 0 radical (unpaired) electrons. The van der Waals surface area contributed by atoms with E-state index in [0.29, 0.717) is 18.7 Å². The van der Waals surface area contributed by atoms with E-state index in [9.17, 15) is 18.0 Å². The van der Waals surface area contributed by atoms with Crippen LogP contribution in [0.25, 0.3) is 0 Å². The van der Waals surface area contributed by atoms with E-state index in [1.54, 1.807) is 6.92 Å². The number of nitrogens with zero attached hydrogens (tertiary/aromatic N) is 1. The molecule has 1 N–H and O–H groups in total. The first kappa shape index (κ1) is 19.6. The Balaban J connectivity index is 2.97. The SMILES string of the molecule is CCCCCNC(=O)c1cc(C)n(CCCCC)c1C(F)(F)F. The quantitative estimate of drug-likeness (QED) is 0.640. The first-order valence-electron chi connectivity index (χ1n) is 8.38. The standard InChI is InChI=1S/C17H27F3N2O/c1-4-6-8-10-21-16(23)14-12-13(3)22(11-9-7-5-2)15(14)17(18,19)20/h12H,4-11H2,1-3H3,(H,21,23).